The van der Waals surface area contributed by atoms with Crippen molar-refractivity contribution >= 4 is 5.97 Å². The van der Waals surface area contributed by atoms with Gasteiger partial charge in [-0.05, 0) is 24.6 Å². The summed E-state index contributed by atoms with van der Waals surface area (Å²) in [6.45, 7) is 6.48. The van der Waals surface area contributed by atoms with E-state index in [2.05, 4.69) is 0 Å². The molecule has 154 valence electrons. The first-order chi connectivity index (χ1) is 14.0. The van der Waals surface area contributed by atoms with Gasteiger partial charge in [0.25, 0.3) is 0 Å². The van der Waals surface area contributed by atoms with E-state index in [1.54, 1.807) is 6.92 Å². The Morgan fingerprint density at radius 1 is 1.07 bits per heavy atom. The molecule has 2 unspecified atom stereocenters. The number of carbonyl (C=O) groups excluding carboxylic acids is 1. The van der Waals surface area contributed by atoms with Crippen molar-refractivity contribution in [2.75, 3.05) is 32.8 Å². The molecule has 5 rings (SSSR count). The van der Waals surface area contributed by atoms with Gasteiger partial charge in [0.1, 0.15) is 31.0 Å². The highest BCUT2D eigenvalue weighted by Gasteiger charge is 2.48. The molecule has 3 aliphatic rings. The smallest absolute Gasteiger partial charge is 0.330 e. The van der Waals surface area contributed by atoms with Crippen LogP contribution in [0.15, 0.2) is 60.7 Å². The van der Waals surface area contributed by atoms with Gasteiger partial charge in [-0.1, -0.05) is 48.5 Å². The Balaban J connectivity index is 1.37. The summed E-state index contributed by atoms with van der Waals surface area (Å²) in [4.78, 5) is 12.9. The van der Waals surface area contributed by atoms with Gasteiger partial charge in [0.2, 0.25) is 0 Å². The fourth-order valence-corrected chi connectivity index (χ4v) is 4.71. The zero-order chi connectivity index (χ0) is 20.3. The number of ether oxygens (including phenoxy) is 2. The van der Waals surface area contributed by atoms with E-state index in [0.29, 0.717) is 12.5 Å². The molecular weight excluding hydrogens is 364 g/mol. The first-order valence-corrected chi connectivity index (χ1v) is 10.6. The molecule has 0 spiro atoms. The summed E-state index contributed by atoms with van der Waals surface area (Å²) < 4.78 is 12.9. The van der Waals surface area contributed by atoms with Crippen molar-refractivity contribution in [2.24, 2.45) is 11.7 Å². The van der Waals surface area contributed by atoms with Gasteiger partial charge in [-0.2, -0.15) is 0 Å². The van der Waals surface area contributed by atoms with Crippen LogP contribution in [-0.4, -0.2) is 49.3 Å². The number of esters is 1. The second kappa shape index (κ2) is 8.17. The number of hydrogen-bond donors (Lipinski definition) is 1. The van der Waals surface area contributed by atoms with Gasteiger partial charge in [0, 0.05) is 18.8 Å². The Labute approximate surface area is 173 Å². The average molecular weight is 396 g/mol. The second-order valence-electron chi connectivity index (χ2n) is 8.71. The third-order valence-corrected chi connectivity index (χ3v) is 6.67. The number of quaternary nitrogens is 1. The maximum atomic E-state index is 12.9. The summed E-state index contributed by atoms with van der Waals surface area (Å²) in [5.41, 5.74) is 6.03. The zero-order valence-electron chi connectivity index (χ0n) is 17.1. The third kappa shape index (κ3) is 4.31. The Kier molecular flexibility index (Phi) is 5.61. The molecule has 2 atom stereocenters. The highest BCUT2D eigenvalue weighted by Crippen LogP contribution is 2.36. The topological polar surface area (TPSA) is 61.6 Å². The summed E-state index contributed by atoms with van der Waals surface area (Å²) in [6.07, 6.45) is 2.12. The van der Waals surface area contributed by atoms with Gasteiger partial charge in [0.15, 0.2) is 6.10 Å². The van der Waals surface area contributed by atoms with Crippen LogP contribution in [0.5, 0.6) is 5.75 Å². The number of rotatable bonds is 7. The van der Waals surface area contributed by atoms with Gasteiger partial charge in [0.05, 0.1) is 13.1 Å². The molecule has 3 saturated heterocycles. The normalized spacial score (nSPS) is 27.8. The van der Waals surface area contributed by atoms with E-state index in [-0.39, 0.29) is 12.1 Å². The molecule has 5 heteroatoms. The number of para-hydroxylation sites is 1. The van der Waals surface area contributed by atoms with Crippen molar-refractivity contribution in [3.63, 3.8) is 0 Å². The van der Waals surface area contributed by atoms with Crippen LogP contribution in [0.4, 0.5) is 0 Å². The molecule has 2 N–H and O–H groups in total. The highest BCUT2D eigenvalue weighted by molar-refractivity contribution is 5.82. The molecular formula is C24H31N2O3+. The molecule has 0 saturated carbocycles. The van der Waals surface area contributed by atoms with Crippen molar-refractivity contribution in [1.29, 1.82) is 0 Å². The quantitative estimate of drug-likeness (QED) is 0.578. The lowest BCUT2D eigenvalue weighted by atomic mass is 9.83. The van der Waals surface area contributed by atoms with Crippen LogP contribution in [-0.2, 0) is 15.1 Å². The molecule has 0 aromatic heterocycles. The van der Waals surface area contributed by atoms with E-state index < -0.39 is 5.54 Å². The van der Waals surface area contributed by atoms with E-state index in [9.17, 15) is 4.79 Å². The van der Waals surface area contributed by atoms with Crippen molar-refractivity contribution in [3.8, 4) is 5.75 Å². The van der Waals surface area contributed by atoms with Crippen LogP contribution in [0.25, 0.3) is 0 Å². The molecule has 0 amide bonds. The zero-order valence-corrected chi connectivity index (χ0v) is 17.1. The molecule has 2 aromatic carbocycles. The first kappa shape index (κ1) is 19.9. The lowest BCUT2D eigenvalue weighted by Crippen LogP contribution is -2.66. The molecule has 2 bridgehead atoms. The summed E-state index contributed by atoms with van der Waals surface area (Å²) in [5.74, 6) is 1.02. The fourth-order valence-electron chi connectivity index (χ4n) is 4.71. The number of nitrogens with two attached hydrogens (primary N) is 1. The number of piperidine rings is 3. The second-order valence-corrected chi connectivity index (χ2v) is 8.71. The molecule has 0 radical (unpaired) electrons. The molecule has 29 heavy (non-hydrogen) atoms. The largest absolute Gasteiger partial charge is 0.488 e. The average Bonchev–Trinajstić information content (AvgIpc) is 2.76. The molecule has 2 aromatic rings. The number of carbonyl (C=O) groups is 1. The van der Waals surface area contributed by atoms with E-state index in [1.165, 1.54) is 0 Å². The predicted molar refractivity (Wildman–Crippen MR) is 112 cm³/mol. The van der Waals surface area contributed by atoms with Crippen LogP contribution in [0.3, 0.4) is 0 Å². The number of nitrogens with zero attached hydrogens (tertiary/aromatic N) is 1. The minimum atomic E-state index is -1.13. The molecule has 3 fully saturated rings. The van der Waals surface area contributed by atoms with Gasteiger partial charge >= 0.3 is 5.97 Å². The van der Waals surface area contributed by atoms with E-state index in [0.717, 1.165) is 54.8 Å². The van der Waals surface area contributed by atoms with Gasteiger partial charge < -0.3 is 19.7 Å². The summed E-state index contributed by atoms with van der Waals surface area (Å²) in [7, 11) is 0. The van der Waals surface area contributed by atoms with Gasteiger partial charge in [-0.15, -0.1) is 0 Å². The molecule has 3 heterocycles. The van der Waals surface area contributed by atoms with E-state index in [1.807, 2.05) is 60.7 Å². The molecule has 5 nitrogen and oxygen atoms in total. The van der Waals surface area contributed by atoms with Crippen LogP contribution < -0.4 is 10.5 Å². The van der Waals surface area contributed by atoms with Crippen LogP contribution in [0, 0.1) is 5.92 Å². The van der Waals surface area contributed by atoms with Crippen molar-refractivity contribution in [1.82, 2.24) is 0 Å². The number of benzene rings is 2. The summed E-state index contributed by atoms with van der Waals surface area (Å²) in [6, 6.07) is 19.4. The fraction of sp³-hybridized carbons (Fsp3) is 0.458. The van der Waals surface area contributed by atoms with Crippen LogP contribution >= 0.6 is 0 Å². The summed E-state index contributed by atoms with van der Waals surface area (Å²) in [5, 5.41) is 0. The molecule has 3 aliphatic heterocycles. The van der Waals surface area contributed by atoms with E-state index in [4.69, 9.17) is 15.2 Å². The van der Waals surface area contributed by atoms with Gasteiger partial charge in [-0.3, -0.25) is 0 Å². The maximum Gasteiger partial charge on any atom is 0.330 e. The minimum absolute atomic E-state index is 0.0617. The minimum Gasteiger partial charge on any atom is -0.488 e. The highest BCUT2D eigenvalue weighted by atomic mass is 16.5. The first-order valence-electron chi connectivity index (χ1n) is 10.6. The van der Waals surface area contributed by atoms with Crippen molar-refractivity contribution < 1.29 is 18.8 Å². The standard InChI is InChI=1S/C24H31N2O3/c1-24(25,20-8-4-2-5-9-20)23(27)29-22-18-26(14-12-19(22)13-15-26)16-17-28-21-10-6-3-7-11-21/h2-11,19,22H,12-18,25H2,1H3/q+1. The summed E-state index contributed by atoms with van der Waals surface area (Å²) >= 11 is 0. The Morgan fingerprint density at radius 3 is 2.34 bits per heavy atom. The monoisotopic (exact) mass is 395 g/mol. The lowest BCUT2D eigenvalue weighted by Gasteiger charge is -2.52. The van der Waals surface area contributed by atoms with E-state index >= 15 is 0 Å². The van der Waals surface area contributed by atoms with Crippen molar-refractivity contribution in [2.45, 2.75) is 31.4 Å². The third-order valence-electron chi connectivity index (χ3n) is 6.67. The SMILES string of the molecule is CC(N)(C(=O)OC1C[N+]2(CCOc3ccccc3)CCC1CC2)c1ccccc1. The Morgan fingerprint density at radius 2 is 1.69 bits per heavy atom. The van der Waals surface area contributed by atoms with Crippen LogP contribution in [0.1, 0.15) is 25.3 Å². The number of hydrogen-bond acceptors (Lipinski definition) is 4. The van der Waals surface area contributed by atoms with Gasteiger partial charge in [-0.25, -0.2) is 4.79 Å². The maximum absolute atomic E-state index is 12.9. The van der Waals surface area contributed by atoms with Crippen molar-refractivity contribution in [3.05, 3.63) is 66.2 Å². The number of fused-ring (bicyclic) bond motifs is 3. The predicted octanol–water partition coefficient (Wildman–Crippen LogP) is 3.09. The van der Waals surface area contributed by atoms with Crippen LogP contribution in [0.2, 0.25) is 0 Å². The lowest BCUT2D eigenvalue weighted by molar-refractivity contribution is -0.946. The Bertz CT molecular complexity index is 815. The Hall–Kier alpha value is -2.37. The molecule has 0 aliphatic carbocycles.